The Morgan fingerprint density at radius 1 is 0.833 bits per heavy atom. The molecule has 0 saturated carbocycles. The van der Waals surface area contributed by atoms with E-state index in [4.69, 9.17) is 15.0 Å². The zero-order valence-electron chi connectivity index (χ0n) is 31.8. The maximum atomic E-state index is 4.88. The SMILES string of the molecule is C=C=CC/C=C\C(C)=C(/C)N(C1=CCC(n2c3c(c4ncccc42)C=CCC=C3)=CC(n2c3ccccc3c3ncccc32)=C1)c1cccnc1C.CC. The minimum atomic E-state index is 0.676. The molecule has 0 unspecified atom stereocenters. The van der Waals surface area contributed by atoms with E-state index in [0.29, 0.717) is 6.42 Å². The van der Waals surface area contributed by atoms with E-state index in [1.165, 1.54) is 0 Å². The normalized spacial score (nSPS) is 14.4. The van der Waals surface area contributed by atoms with Crippen LogP contribution in [0.5, 0.6) is 0 Å². The number of para-hydroxylation sites is 1. The van der Waals surface area contributed by atoms with E-state index in [2.05, 4.69) is 144 Å². The number of hydrogen-bond acceptors (Lipinski definition) is 4. The third-order valence-corrected chi connectivity index (χ3v) is 9.89. The second kappa shape index (κ2) is 16.0. The summed E-state index contributed by atoms with van der Waals surface area (Å²) in [6.07, 6.45) is 30.1. The fourth-order valence-electron chi connectivity index (χ4n) is 7.35. The van der Waals surface area contributed by atoms with Gasteiger partial charge in [-0.15, -0.1) is 5.73 Å². The molecule has 2 aliphatic rings. The molecule has 8 rings (SSSR count). The molecule has 5 aromatic heterocycles. The largest absolute Gasteiger partial charge is 0.313 e. The minimum absolute atomic E-state index is 0.676. The smallest absolute Gasteiger partial charge is 0.0963 e. The monoisotopic (exact) mass is 706 g/mol. The number of nitrogens with zero attached hydrogens (tertiary/aromatic N) is 6. The molecule has 0 bridgehead atoms. The molecule has 6 aromatic rings. The second-order valence-electron chi connectivity index (χ2n) is 13.1. The van der Waals surface area contributed by atoms with Crippen LogP contribution in [0.3, 0.4) is 0 Å². The topological polar surface area (TPSA) is 51.8 Å². The highest BCUT2D eigenvalue weighted by Crippen LogP contribution is 2.39. The lowest BCUT2D eigenvalue weighted by molar-refractivity contribution is 1.02. The lowest BCUT2D eigenvalue weighted by Crippen LogP contribution is -2.22. The van der Waals surface area contributed by atoms with Crippen LogP contribution in [0, 0.1) is 6.92 Å². The van der Waals surface area contributed by atoms with Gasteiger partial charge in [0.25, 0.3) is 0 Å². The molecule has 268 valence electrons. The first-order valence-corrected chi connectivity index (χ1v) is 18.7. The summed E-state index contributed by atoms with van der Waals surface area (Å²) >= 11 is 0. The number of fused-ring (bicyclic) bond motifs is 6. The number of hydrogen-bond donors (Lipinski definition) is 0. The van der Waals surface area contributed by atoms with Gasteiger partial charge in [0.05, 0.1) is 50.4 Å². The summed E-state index contributed by atoms with van der Waals surface area (Å²) in [5, 5.41) is 1.12. The van der Waals surface area contributed by atoms with E-state index in [9.17, 15) is 0 Å². The van der Waals surface area contributed by atoms with Gasteiger partial charge in [-0.2, -0.15) is 0 Å². The Morgan fingerprint density at radius 2 is 1.54 bits per heavy atom. The predicted molar refractivity (Wildman–Crippen MR) is 230 cm³/mol. The van der Waals surface area contributed by atoms with Gasteiger partial charge in [0.15, 0.2) is 0 Å². The van der Waals surface area contributed by atoms with Crippen LogP contribution in [0.4, 0.5) is 5.69 Å². The molecular formula is C48H46N6. The molecule has 0 amide bonds. The Labute approximate surface area is 318 Å². The van der Waals surface area contributed by atoms with E-state index in [0.717, 1.165) is 96.8 Å². The van der Waals surface area contributed by atoms with Crippen LogP contribution < -0.4 is 4.90 Å². The van der Waals surface area contributed by atoms with Gasteiger partial charge in [-0.1, -0.05) is 75.1 Å². The van der Waals surface area contributed by atoms with Crippen LogP contribution >= 0.6 is 0 Å². The maximum Gasteiger partial charge on any atom is 0.0963 e. The summed E-state index contributed by atoms with van der Waals surface area (Å²) in [6, 6.07) is 21.1. The highest BCUT2D eigenvalue weighted by Gasteiger charge is 2.24. The third kappa shape index (κ3) is 6.64. The van der Waals surface area contributed by atoms with Crippen molar-refractivity contribution in [3.05, 3.63) is 174 Å². The van der Waals surface area contributed by atoms with Crippen LogP contribution in [-0.4, -0.2) is 24.1 Å². The first kappa shape index (κ1) is 35.9. The zero-order chi connectivity index (χ0) is 37.6. The van der Waals surface area contributed by atoms with Crippen molar-refractivity contribution in [2.24, 2.45) is 0 Å². The van der Waals surface area contributed by atoms with Gasteiger partial charge >= 0.3 is 0 Å². The van der Waals surface area contributed by atoms with Crippen LogP contribution in [0.15, 0.2) is 157 Å². The molecule has 6 nitrogen and oxygen atoms in total. The number of rotatable bonds is 8. The first-order chi connectivity index (χ1) is 26.5. The fourth-order valence-corrected chi connectivity index (χ4v) is 7.35. The number of aromatic nitrogens is 5. The number of aryl methyl sites for hydroxylation is 1. The lowest BCUT2D eigenvalue weighted by atomic mass is 10.1. The van der Waals surface area contributed by atoms with E-state index in [-0.39, 0.29) is 0 Å². The van der Waals surface area contributed by atoms with Crippen molar-refractivity contribution >= 4 is 62.2 Å². The fraction of sp³-hybridized carbons (Fsp3) is 0.167. The van der Waals surface area contributed by atoms with Gasteiger partial charge in [0, 0.05) is 53.1 Å². The Morgan fingerprint density at radius 3 is 2.33 bits per heavy atom. The van der Waals surface area contributed by atoms with Crippen LogP contribution in [-0.2, 0) is 0 Å². The summed E-state index contributed by atoms with van der Waals surface area (Å²) in [5.74, 6) is 0. The van der Waals surface area contributed by atoms with Gasteiger partial charge in [-0.05, 0) is 106 Å². The molecule has 0 atom stereocenters. The van der Waals surface area contributed by atoms with Crippen LogP contribution in [0.1, 0.15) is 63.9 Å². The maximum absolute atomic E-state index is 4.88. The van der Waals surface area contributed by atoms with Crippen molar-refractivity contribution in [1.29, 1.82) is 0 Å². The molecule has 0 fully saturated rings. The standard InChI is InChI=1S/C46H40N6.C2H6/c1-5-6-7-9-17-32(2)34(4)50(40-22-14-27-47-33(40)3)35-25-26-36(51-41-20-11-8-10-18-38(41)45-43(51)23-15-28-48-45)31-37(30-35)52-42-21-13-12-19-39(42)46-44(52)24-16-29-49-46;1-2/h6,9-25,27-31H,1,7-8,26H2,2-4H3;1-2H3/b17-9-,34-32+;. The molecule has 0 radical (unpaired) electrons. The van der Waals surface area contributed by atoms with Gasteiger partial charge in [0.2, 0.25) is 0 Å². The molecule has 6 heteroatoms. The number of anilines is 1. The van der Waals surface area contributed by atoms with Gasteiger partial charge in [-0.25, -0.2) is 0 Å². The Hall–Kier alpha value is -6.49. The van der Waals surface area contributed by atoms with Gasteiger partial charge < -0.3 is 14.0 Å². The van der Waals surface area contributed by atoms with Crippen molar-refractivity contribution in [3.63, 3.8) is 0 Å². The molecule has 54 heavy (non-hydrogen) atoms. The minimum Gasteiger partial charge on any atom is -0.313 e. The molecule has 0 N–H and O–H groups in total. The predicted octanol–water partition coefficient (Wildman–Crippen LogP) is 12.5. The van der Waals surface area contributed by atoms with Crippen LogP contribution in [0.2, 0.25) is 0 Å². The summed E-state index contributed by atoms with van der Waals surface area (Å²) in [4.78, 5) is 16.9. The average Bonchev–Trinajstić information content (AvgIpc) is 3.45. The Bertz CT molecular complexity index is 2590. The summed E-state index contributed by atoms with van der Waals surface area (Å²) in [5.41, 5.74) is 17.9. The van der Waals surface area contributed by atoms with Gasteiger partial charge in [0.1, 0.15) is 0 Å². The van der Waals surface area contributed by atoms with Crippen molar-refractivity contribution in [2.75, 3.05) is 4.90 Å². The molecule has 0 aliphatic heterocycles. The van der Waals surface area contributed by atoms with E-state index < -0.39 is 0 Å². The van der Waals surface area contributed by atoms with Gasteiger partial charge in [-0.3, -0.25) is 15.0 Å². The summed E-state index contributed by atoms with van der Waals surface area (Å²) in [6.45, 7) is 14.2. The van der Waals surface area contributed by atoms with E-state index in [1.807, 2.05) is 56.7 Å². The summed E-state index contributed by atoms with van der Waals surface area (Å²) < 4.78 is 4.75. The van der Waals surface area contributed by atoms with Crippen molar-refractivity contribution < 1.29 is 0 Å². The molecule has 1 aromatic carbocycles. The molecule has 0 spiro atoms. The highest BCUT2D eigenvalue weighted by atomic mass is 15.2. The summed E-state index contributed by atoms with van der Waals surface area (Å²) in [7, 11) is 0. The second-order valence-corrected chi connectivity index (χ2v) is 13.1. The molecule has 2 aliphatic carbocycles. The van der Waals surface area contributed by atoms with E-state index >= 15 is 0 Å². The molecular weight excluding hydrogens is 661 g/mol. The average molecular weight is 707 g/mol. The molecule has 0 saturated heterocycles. The zero-order valence-corrected chi connectivity index (χ0v) is 31.8. The molecule has 5 heterocycles. The quantitative estimate of drug-likeness (QED) is 0.117. The van der Waals surface area contributed by atoms with E-state index in [1.54, 1.807) is 0 Å². The third-order valence-electron chi connectivity index (χ3n) is 9.89. The first-order valence-electron chi connectivity index (χ1n) is 18.7. The van der Waals surface area contributed by atoms with Crippen molar-refractivity contribution in [3.8, 4) is 0 Å². The number of allylic oxidation sites excluding steroid dienone is 12. The Balaban J connectivity index is 0.00000221. The number of pyridine rings is 3. The lowest BCUT2D eigenvalue weighted by Gasteiger charge is -2.29. The number of benzene rings is 1. The Kier molecular flexibility index (Phi) is 10.7. The van der Waals surface area contributed by atoms with Crippen molar-refractivity contribution in [1.82, 2.24) is 24.1 Å². The van der Waals surface area contributed by atoms with Crippen molar-refractivity contribution in [2.45, 2.75) is 53.9 Å². The highest BCUT2D eigenvalue weighted by molar-refractivity contribution is 6.09. The van der Waals surface area contributed by atoms with Crippen LogP contribution in [0.25, 0.3) is 56.5 Å².